The number of allylic oxidation sites excluding steroid dienone is 1. The van der Waals surface area contributed by atoms with E-state index in [-0.39, 0.29) is 18.7 Å². The number of aromatic amines is 1. The minimum absolute atomic E-state index is 0.164. The summed E-state index contributed by atoms with van der Waals surface area (Å²) in [4.78, 5) is 16.5. The Kier molecular flexibility index (Phi) is 9.69. The molecule has 1 N–H and O–H groups in total. The Labute approximate surface area is 195 Å². The maximum atomic E-state index is 13.1. The van der Waals surface area contributed by atoms with Crippen LogP contribution in [-0.2, 0) is 30.3 Å². The molecule has 0 aliphatic heterocycles. The summed E-state index contributed by atoms with van der Waals surface area (Å²) in [6.45, 7) is 3.53. The number of carbonyl (C=O) groups excluding carboxylic acids is 1. The van der Waals surface area contributed by atoms with Crippen molar-refractivity contribution in [2.24, 2.45) is 5.92 Å². The molecule has 33 heavy (non-hydrogen) atoms. The van der Waals surface area contributed by atoms with Crippen LogP contribution in [0.1, 0.15) is 30.5 Å². The highest BCUT2D eigenvalue weighted by Crippen LogP contribution is 2.35. The largest absolute Gasteiger partial charge is 0.468 e. The van der Waals surface area contributed by atoms with E-state index in [1.165, 1.54) is 7.11 Å². The second-order valence-electron chi connectivity index (χ2n) is 7.86. The van der Waals surface area contributed by atoms with Crippen LogP contribution in [0.3, 0.4) is 0 Å². The average molecular weight is 452 g/mol. The first-order valence-electron chi connectivity index (χ1n) is 11.2. The molecule has 6 heteroatoms. The Bertz CT molecular complexity index is 994. The smallest absolute Gasteiger partial charge is 0.315 e. The first-order valence-corrected chi connectivity index (χ1v) is 11.2. The van der Waals surface area contributed by atoms with Crippen molar-refractivity contribution in [1.82, 2.24) is 4.98 Å². The number of H-pyrrole nitrogens is 1. The third-order valence-corrected chi connectivity index (χ3v) is 5.75. The third-order valence-electron chi connectivity index (χ3n) is 5.75. The number of esters is 1. The van der Waals surface area contributed by atoms with E-state index in [2.05, 4.69) is 4.98 Å². The first kappa shape index (κ1) is 24.7. The number of benzene rings is 2. The number of ether oxygens (including phenoxy) is 4. The van der Waals surface area contributed by atoms with Gasteiger partial charge in [-0.2, -0.15) is 0 Å². The number of aromatic nitrogens is 1. The Morgan fingerprint density at radius 2 is 1.79 bits per heavy atom. The number of hydrogen-bond donors (Lipinski definition) is 1. The standard InChI is InChI=1S/C27H33NO5/c1-4-21(18-33-19-30-2)23(14-15-32-17-20-10-6-5-7-11-20)26(27(29)31-3)25-16-22-12-8-9-13-24(22)28-25/h4-13,16,23,26,28H,14-15,17-19H2,1-3H3/b21-4+/t23-,26?/m0/s1. The molecule has 1 aromatic heterocycles. The van der Waals surface area contributed by atoms with Crippen molar-refractivity contribution < 1.29 is 23.7 Å². The molecule has 176 valence electrons. The Morgan fingerprint density at radius 3 is 2.48 bits per heavy atom. The molecule has 0 aliphatic carbocycles. The molecule has 3 aromatic rings. The van der Waals surface area contributed by atoms with E-state index in [0.717, 1.165) is 27.7 Å². The summed E-state index contributed by atoms with van der Waals surface area (Å²) in [7, 11) is 3.02. The van der Waals surface area contributed by atoms with Crippen molar-refractivity contribution in [1.29, 1.82) is 0 Å². The molecule has 0 amide bonds. The summed E-state index contributed by atoms with van der Waals surface area (Å²) in [6, 6.07) is 20.1. The molecule has 0 saturated carbocycles. The predicted molar refractivity (Wildman–Crippen MR) is 129 cm³/mol. The lowest BCUT2D eigenvalue weighted by Crippen LogP contribution is -2.28. The van der Waals surface area contributed by atoms with Gasteiger partial charge in [-0.25, -0.2) is 0 Å². The molecule has 0 bridgehead atoms. The average Bonchev–Trinajstić information content (AvgIpc) is 3.28. The zero-order chi connectivity index (χ0) is 23.5. The van der Waals surface area contributed by atoms with Gasteiger partial charge in [0.25, 0.3) is 0 Å². The van der Waals surface area contributed by atoms with Crippen LogP contribution in [0.4, 0.5) is 0 Å². The van der Waals surface area contributed by atoms with Crippen molar-refractivity contribution in [3.63, 3.8) is 0 Å². The first-order chi connectivity index (χ1) is 16.2. The van der Waals surface area contributed by atoms with Crippen molar-refractivity contribution >= 4 is 16.9 Å². The Morgan fingerprint density at radius 1 is 1.03 bits per heavy atom. The zero-order valence-electron chi connectivity index (χ0n) is 19.6. The predicted octanol–water partition coefficient (Wildman–Crippen LogP) is 5.21. The number of carbonyl (C=O) groups is 1. The summed E-state index contributed by atoms with van der Waals surface area (Å²) >= 11 is 0. The maximum Gasteiger partial charge on any atom is 0.315 e. The van der Waals surface area contributed by atoms with Crippen molar-refractivity contribution in [2.45, 2.75) is 25.9 Å². The fourth-order valence-corrected chi connectivity index (χ4v) is 4.09. The monoisotopic (exact) mass is 451 g/mol. The number of nitrogens with one attached hydrogen (secondary N) is 1. The van der Waals surface area contributed by atoms with Crippen LogP contribution in [0.25, 0.3) is 10.9 Å². The molecule has 2 atom stereocenters. The maximum absolute atomic E-state index is 13.1. The molecule has 0 radical (unpaired) electrons. The summed E-state index contributed by atoms with van der Waals surface area (Å²) < 4.78 is 21.9. The van der Waals surface area contributed by atoms with E-state index in [0.29, 0.717) is 26.2 Å². The number of fused-ring (bicyclic) bond motifs is 1. The second kappa shape index (κ2) is 12.9. The molecular formula is C27H33NO5. The van der Waals surface area contributed by atoms with Gasteiger partial charge in [0.2, 0.25) is 0 Å². The molecule has 0 fully saturated rings. The number of hydrogen-bond acceptors (Lipinski definition) is 5. The quantitative estimate of drug-likeness (QED) is 0.167. The lowest BCUT2D eigenvalue weighted by atomic mass is 9.81. The normalized spacial score (nSPS) is 13.7. The highest BCUT2D eigenvalue weighted by molar-refractivity contribution is 5.85. The van der Waals surface area contributed by atoms with Gasteiger partial charge in [0.15, 0.2) is 0 Å². The van der Waals surface area contributed by atoms with Crippen LogP contribution in [0, 0.1) is 5.92 Å². The molecular weight excluding hydrogens is 418 g/mol. The molecule has 6 nitrogen and oxygen atoms in total. The minimum Gasteiger partial charge on any atom is -0.468 e. The van der Waals surface area contributed by atoms with Gasteiger partial charge in [-0.3, -0.25) is 4.79 Å². The number of rotatable bonds is 13. The van der Waals surface area contributed by atoms with E-state index in [9.17, 15) is 4.79 Å². The second-order valence-corrected chi connectivity index (χ2v) is 7.86. The van der Waals surface area contributed by atoms with Gasteiger partial charge in [0.1, 0.15) is 12.7 Å². The molecule has 0 spiro atoms. The zero-order valence-corrected chi connectivity index (χ0v) is 19.6. The SMILES string of the molecule is C/C=C(\COCOC)[C@H](CCOCc1ccccc1)C(C(=O)OC)c1cc2ccccc2[nH]1. The van der Waals surface area contributed by atoms with Crippen LogP contribution < -0.4 is 0 Å². The van der Waals surface area contributed by atoms with Gasteiger partial charge in [-0.1, -0.05) is 54.6 Å². The molecule has 3 rings (SSSR count). The number of para-hydroxylation sites is 1. The molecule has 1 unspecified atom stereocenters. The minimum atomic E-state index is -0.514. The van der Waals surface area contributed by atoms with E-state index in [1.807, 2.05) is 73.7 Å². The summed E-state index contributed by atoms with van der Waals surface area (Å²) in [5.41, 5.74) is 3.92. The van der Waals surface area contributed by atoms with Crippen LogP contribution in [0.2, 0.25) is 0 Å². The topological polar surface area (TPSA) is 69.8 Å². The summed E-state index contributed by atoms with van der Waals surface area (Å²) in [5, 5.41) is 1.05. The van der Waals surface area contributed by atoms with Gasteiger partial charge in [0, 0.05) is 30.8 Å². The fourth-order valence-electron chi connectivity index (χ4n) is 4.09. The number of methoxy groups -OCH3 is 2. The van der Waals surface area contributed by atoms with Crippen LogP contribution in [0.15, 0.2) is 72.3 Å². The Hall–Kier alpha value is -2.93. The summed E-state index contributed by atoms with van der Waals surface area (Å²) in [5.74, 6) is -0.969. The van der Waals surface area contributed by atoms with Crippen LogP contribution in [-0.4, -0.2) is 45.2 Å². The van der Waals surface area contributed by atoms with Crippen LogP contribution in [0.5, 0.6) is 0 Å². The van der Waals surface area contributed by atoms with E-state index >= 15 is 0 Å². The molecule has 0 saturated heterocycles. The summed E-state index contributed by atoms with van der Waals surface area (Å²) in [6.07, 6.45) is 2.65. The van der Waals surface area contributed by atoms with E-state index in [4.69, 9.17) is 18.9 Å². The van der Waals surface area contributed by atoms with Crippen molar-refractivity contribution in [3.05, 3.63) is 83.6 Å². The molecule has 0 aliphatic rings. The lowest BCUT2D eigenvalue weighted by molar-refractivity contribution is -0.143. The third kappa shape index (κ3) is 6.78. The van der Waals surface area contributed by atoms with Gasteiger partial charge >= 0.3 is 5.97 Å². The fraction of sp³-hybridized carbons (Fsp3) is 0.370. The van der Waals surface area contributed by atoms with Gasteiger partial charge < -0.3 is 23.9 Å². The van der Waals surface area contributed by atoms with Crippen molar-refractivity contribution in [2.75, 3.05) is 34.2 Å². The lowest BCUT2D eigenvalue weighted by Gasteiger charge is -2.27. The van der Waals surface area contributed by atoms with Gasteiger partial charge in [-0.05, 0) is 42.0 Å². The molecule has 2 aromatic carbocycles. The van der Waals surface area contributed by atoms with Gasteiger partial charge in [0.05, 0.1) is 20.3 Å². The van der Waals surface area contributed by atoms with E-state index < -0.39 is 5.92 Å². The highest BCUT2D eigenvalue weighted by atomic mass is 16.7. The Balaban J connectivity index is 1.84. The van der Waals surface area contributed by atoms with Crippen molar-refractivity contribution in [3.8, 4) is 0 Å². The van der Waals surface area contributed by atoms with E-state index in [1.54, 1.807) is 7.11 Å². The highest BCUT2D eigenvalue weighted by Gasteiger charge is 2.34. The van der Waals surface area contributed by atoms with Crippen LogP contribution >= 0.6 is 0 Å². The van der Waals surface area contributed by atoms with Gasteiger partial charge in [-0.15, -0.1) is 0 Å². The molecule has 1 heterocycles.